The molecule has 0 fully saturated rings. The Labute approximate surface area is 309 Å². The molecule has 3 N–H and O–H groups in total. The average molecular weight is 735 g/mol. The van der Waals surface area contributed by atoms with Crippen LogP contribution < -0.4 is 15.4 Å². The largest absolute Gasteiger partial charge is 0.490 e. The van der Waals surface area contributed by atoms with Crippen LogP contribution in [-0.4, -0.2) is 78.4 Å². The number of aliphatic hydroxyl groups is 1. The molecule has 0 aliphatic carbocycles. The van der Waals surface area contributed by atoms with E-state index < -0.39 is 23.8 Å². The van der Waals surface area contributed by atoms with E-state index in [0.717, 1.165) is 47.7 Å². The third kappa shape index (κ3) is 10.7. The lowest BCUT2D eigenvalue weighted by atomic mass is 10.0. The molecule has 4 aromatic rings. The fraction of sp³-hybridized carbons (Fsp3) is 0.415. The van der Waals surface area contributed by atoms with Crippen LogP contribution in [0.5, 0.6) is 5.75 Å². The van der Waals surface area contributed by atoms with E-state index in [1.54, 1.807) is 30.0 Å². The second kappa shape index (κ2) is 17.9. The summed E-state index contributed by atoms with van der Waals surface area (Å²) in [6.07, 6.45) is -2.60. The highest BCUT2D eigenvalue weighted by Gasteiger charge is 2.32. The number of rotatable bonds is 8. The van der Waals surface area contributed by atoms with Crippen LogP contribution in [-0.2, 0) is 17.5 Å². The van der Waals surface area contributed by atoms with E-state index in [-0.39, 0.29) is 42.7 Å². The van der Waals surface area contributed by atoms with E-state index >= 15 is 0 Å². The van der Waals surface area contributed by atoms with E-state index in [1.165, 1.54) is 12.1 Å². The van der Waals surface area contributed by atoms with Gasteiger partial charge in [-0.1, -0.05) is 55.5 Å². The minimum Gasteiger partial charge on any atom is -0.490 e. The summed E-state index contributed by atoms with van der Waals surface area (Å²) in [5.74, 6) is -0.180. The summed E-state index contributed by atoms with van der Waals surface area (Å²) >= 11 is 0. The number of amides is 3. The van der Waals surface area contributed by atoms with Gasteiger partial charge < -0.3 is 30.1 Å². The van der Waals surface area contributed by atoms with Crippen LogP contribution in [0.2, 0.25) is 0 Å². The highest BCUT2D eigenvalue weighted by atomic mass is 19.4. The molecule has 4 aromatic carbocycles. The Hall–Kier alpha value is -4.65. The number of fused-ring (bicyclic) bond motifs is 2. The summed E-state index contributed by atoms with van der Waals surface area (Å²) in [6.45, 7) is 7.03. The van der Waals surface area contributed by atoms with Crippen molar-refractivity contribution in [3.05, 3.63) is 102 Å². The highest BCUT2D eigenvalue weighted by Crippen LogP contribution is 2.31. The van der Waals surface area contributed by atoms with Gasteiger partial charge in [-0.25, -0.2) is 4.79 Å². The van der Waals surface area contributed by atoms with E-state index in [2.05, 4.69) is 10.6 Å². The summed E-state index contributed by atoms with van der Waals surface area (Å²) in [5.41, 5.74) is 1.33. The van der Waals surface area contributed by atoms with Crippen LogP contribution >= 0.6 is 0 Å². The van der Waals surface area contributed by atoms with Gasteiger partial charge in [0.2, 0.25) is 0 Å². The maximum absolute atomic E-state index is 14.5. The number of alkyl halides is 3. The number of aliphatic hydroxyl groups excluding tert-OH is 1. The molecule has 12 heteroatoms. The number of hydrogen-bond acceptors (Lipinski definition) is 6. The molecule has 284 valence electrons. The van der Waals surface area contributed by atoms with Crippen molar-refractivity contribution in [3.8, 4) is 5.75 Å². The number of nitrogens with zero attached hydrogens (tertiary/aromatic N) is 2. The Morgan fingerprint density at radius 2 is 1.74 bits per heavy atom. The van der Waals surface area contributed by atoms with Crippen molar-refractivity contribution in [1.29, 1.82) is 0 Å². The number of urea groups is 1. The molecule has 0 radical (unpaired) electrons. The number of halogens is 3. The first kappa shape index (κ1) is 39.6. The molecule has 1 heterocycles. The van der Waals surface area contributed by atoms with Crippen molar-refractivity contribution in [2.75, 3.05) is 44.0 Å². The number of benzene rings is 4. The van der Waals surface area contributed by atoms with Gasteiger partial charge in [0.05, 0.1) is 41.7 Å². The quantitative estimate of drug-likeness (QED) is 0.168. The number of carbonyl (C=O) groups is 2. The van der Waals surface area contributed by atoms with Crippen molar-refractivity contribution in [3.63, 3.8) is 0 Å². The molecule has 1 aliphatic rings. The monoisotopic (exact) mass is 734 g/mol. The van der Waals surface area contributed by atoms with Gasteiger partial charge in [0.25, 0.3) is 5.91 Å². The lowest BCUT2D eigenvalue weighted by molar-refractivity contribution is -0.137. The topological polar surface area (TPSA) is 103 Å². The van der Waals surface area contributed by atoms with Gasteiger partial charge in [0.1, 0.15) is 5.75 Å². The lowest BCUT2D eigenvalue weighted by Gasteiger charge is -2.36. The minimum atomic E-state index is -4.40. The minimum absolute atomic E-state index is 0.193. The van der Waals surface area contributed by atoms with Crippen LogP contribution in [0.25, 0.3) is 10.8 Å². The van der Waals surface area contributed by atoms with Crippen molar-refractivity contribution in [2.45, 2.75) is 71.0 Å². The lowest BCUT2D eigenvalue weighted by Crippen LogP contribution is -2.47. The summed E-state index contributed by atoms with van der Waals surface area (Å²) in [7, 11) is 1.89. The molecule has 0 saturated carbocycles. The van der Waals surface area contributed by atoms with Crippen molar-refractivity contribution >= 4 is 34.1 Å². The van der Waals surface area contributed by atoms with Gasteiger partial charge in [-0.2, -0.15) is 13.2 Å². The average Bonchev–Trinajstić information content (AvgIpc) is 3.12. The molecule has 1 aliphatic heterocycles. The van der Waals surface area contributed by atoms with Gasteiger partial charge in [-0.3, -0.25) is 9.69 Å². The zero-order valence-electron chi connectivity index (χ0n) is 30.7. The summed E-state index contributed by atoms with van der Waals surface area (Å²) in [4.78, 5) is 31.3. The zero-order valence-corrected chi connectivity index (χ0v) is 30.7. The molecule has 5 rings (SSSR count). The first-order chi connectivity index (χ1) is 25.3. The molecule has 0 aromatic heterocycles. The number of nitrogens with one attached hydrogen (secondary N) is 2. The molecule has 4 atom stereocenters. The van der Waals surface area contributed by atoms with Crippen LogP contribution in [0.15, 0.2) is 84.9 Å². The Morgan fingerprint density at radius 3 is 2.47 bits per heavy atom. The number of hydrogen-bond donors (Lipinski definition) is 3. The first-order valence-electron chi connectivity index (χ1n) is 18.1. The van der Waals surface area contributed by atoms with Gasteiger partial charge in [-0.05, 0) is 87.5 Å². The fourth-order valence-electron chi connectivity index (χ4n) is 6.56. The standard InChI is InChI=1S/C41H49F3N4O5/c1-27-23-48(28(2)26-49)39(50)35-22-33(45-40(51)46-36-14-9-12-31-11-5-6-13-34(31)36)19-20-37(35)53-29(3)10-7-8-21-52-38(27)25-47(4)24-30-15-17-32(18-16-30)41(42,43)44/h5-6,9,11-20,22,27-29,38,49H,7-8,10,21,23-26H2,1-4H3,(H2,45,46,51)/t27-,28+,29-,38-/m1/s1. The van der Waals surface area contributed by atoms with E-state index in [4.69, 9.17) is 9.47 Å². The maximum Gasteiger partial charge on any atom is 0.416 e. The molecule has 53 heavy (non-hydrogen) atoms. The molecule has 0 saturated heterocycles. The molecule has 3 amide bonds. The van der Waals surface area contributed by atoms with Crippen LogP contribution in [0.1, 0.15) is 61.5 Å². The van der Waals surface area contributed by atoms with Gasteiger partial charge in [0, 0.05) is 43.2 Å². The molecule has 0 unspecified atom stereocenters. The summed E-state index contributed by atoms with van der Waals surface area (Å²) in [6, 6.07) is 22.5. The highest BCUT2D eigenvalue weighted by molar-refractivity contribution is 6.07. The van der Waals surface area contributed by atoms with Crippen LogP contribution in [0, 0.1) is 5.92 Å². The SMILES string of the molecule is C[C@@H]1CCCCO[C@H](CN(C)Cc2ccc(C(F)(F)F)cc2)[C@H](C)CN([C@@H](C)CO)C(=O)c2cc(NC(=O)Nc3cccc4ccccc34)ccc2O1. The number of carbonyl (C=O) groups excluding carboxylic acids is 2. The molecular weight excluding hydrogens is 685 g/mol. The predicted octanol–water partition coefficient (Wildman–Crippen LogP) is 8.43. The van der Waals surface area contributed by atoms with Crippen LogP contribution in [0.4, 0.5) is 29.3 Å². The number of likely N-dealkylation sites (N-methyl/N-ethyl adjacent to an activating group) is 1. The second-order valence-corrected chi connectivity index (χ2v) is 14.0. The maximum atomic E-state index is 14.5. The molecular formula is C41H49F3N4O5. The Morgan fingerprint density at radius 1 is 1.00 bits per heavy atom. The Balaban J connectivity index is 1.36. The van der Waals surface area contributed by atoms with Gasteiger partial charge >= 0.3 is 12.2 Å². The number of ether oxygens (including phenoxy) is 2. The second-order valence-electron chi connectivity index (χ2n) is 14.0. The smallest absolute Gasteiger partial charge is 0.416 e. The van der Waals surface area contributed by atoms with Gasteiger partial charge in [0.15, 0.2) is 0 Å². The first-order valence-corrected chi connectivity index (χ1v) is 18.1. The predicted molar refractivity (Wildman–Crippen MR) is 201 cm³/mol. The molecule has 9 nitrogen and oxygen atoms in total. The Kier molecular flexibility index (Phi) is 13.4. The van der Waals surface area contributed by atoms with Gasteiger partial charge in [-0.15, -0.1) is 0 Å². The summed E-state index contributed by atoms with van der Waals surface area (Å²) < 4.78 is 52.1. The Bertz CT molecular complexity index is 1830. The number of anilines is 2. The normalized spacial score (nSPS) is 19.6. The van der Waals surface area contributed by atoms with E-state index in [9.17, 15) is 27.9 Å². The summed E-state index contributed by atoms with van der Waals surface area (Å²) in [5, 5.41) is 17.9. The van der Waals surface area contributed by atoms with E-state index in [1.807, 2.05) is 68.3 Å². The third-order valence-corrected chi connectivity index (χ3v) is 9.57. The molecule has 0 bridgehead atoms. The van der Waals surface area contributed by atoms with Crippen molar-refractivity contribution in [1.82, 2.24) is 9.80 Å². The van der Waals surface area contributed by atoms with Crippen molar-refractivity contribution in [2.24, 2.45) is 5.92 Å². The zero-order chi connectivity index (χ0) is 38.1. The third-order valence-electron chi connectivity index (χ3n) is 9.57. The van der Waals surface area contributed by atoms with Crippen molar-refractivity contribution < 1.29 is 37.3 Å². The fourth-order valence-corrected chi connectivity index (χ4v) is 6.56. The van der Waals surface area contributed by atoms with Crippen LogP contribution in [0.3, 0.4) is 0 Å². The molecule has 0 spiro atoms. The van der Waals surface area contributed by atoms with E-state index in [0.29, 0.717) is 36.8 Å².